The number of aliphatic hydroxyl groups excluding tert-OH is 2. The van der Waals surface area contributed by atoms with Crippen molar-refractivity contribution in [1.82, 2.24) is 25.3 Å². The number of nitrogens with zero attached hydrogens (tertiary/aromatic N) is 3. The first kappa shape index (κ1) is 73.3. The normalized spacial score (nSPS) is 24.7. The summed E-state index contributed by atoms with van der Waals surface area (Å²) in [7, 11) is 0. The maximum atomic E-state index is 14.0. The Bertz CT molecular complexity index is 2770. The number of benzene rings is 1. The first-order valence-corrected chi connectivity index (χ1v) is 31.4. The summed E-state index contributed by atoms with van der Waals surface area (Å²) in [6, 6.07) is 4.45. The molecule has 0 aliphatic carbocycles. The van der Waals surface area contributed by atoms with Crippen LogP contribution in [-0.2, 0) is 68.6 Å². The van der Waals surface area contributed by atoms with E-state index in [2.05, 4.69) is 16.0 Å². The molecule has 5 rings (SSSR count). The van der Waals surface area contributed by atoms with Gasteiger partial charge in [-0.2, -0.15) is 0 Å². The molecule has 0 aromatic heterocycles. The van der Waals surface area contributed by atoms with E-state index in [1.165, 1.54) is 28.9 Å². The number of hydrogen-bond acceptors (Lipinski definition) is 18. The molecule has 1 aromatic rings. The number of anilines is 1. The molecule has 12 atom stereocenters. The van der Waals surface area contributed by atoms with Gasteiger partial charge in [-0.1, -0.05) is 83.9 Å². The first-order chi connectivity index (χ1) is 42.5. The standard InChI is InChI=1S/C65H95N7O18/c1-10-49(75)43(6)59-50(87-59)38-64(8,85)30-16-17-41(4)58-42(5)21-26-51(65(9,90-44(7)73)31-29-47(74)37-56(80)89-58)88-63(84)71-35-33-70(34-36-71)62(83)86-39-45-22-24-46(25-23-45)67-60(81)48(18-13-14-19-52(66)76)68-61(82)57(40(2)3)69-53(77)20-12-11-15-32-72-54(78)27-28-55(72)79/h16-17,21-28,30,40,42-43,47-51,57-59,74-75,85H,10-15,18-20,29,31-39H2,1-9H3,(H2,66,76)(H,67,81)(H,68,82)(H,69,77)/b26-21+,30-16+,41-17+/t42-,43+,47+,48-,49-,50+,51-,57-,58+,59+,64-,65+/m0/s1. The van der Waals surface area contributed by atoms with Gasteiger partial charge in [0.15, 0.2) is 6.10 Å². The summed E-state index contributed by atoms with van der Waals surface area (Å²) in [5.74, 6) is -5.06. The summed E-state index contributed by atoms with van der Waals surface area (Å²) in [5, 5.41) is 40.8. The van der Waals surface area contributed by atoms with Gasteiger partial charge in [-0.25, -0.2) is 9.59 Å². The van der Waals surface area contributed by atoms with Gasteiger partial charge < -0.3 is 70.5 Å². The van der Waals surface area contributed by atoms with Crippen molar-refractivity contribution in [3.8, 4) is 0 Å². The van der Waals surface area contributed by atoms with E-state index in [0.717, 1.165) is 4.90 Å². The maximum absolute atomic E-state index is 14.0. The van der Waals surface area contributed by atoms with Crippen molar-refractivity contribution in [3.63, 3.8) is 0 Å². The number of epoxide rings is 1. The number of nitrogens with two attached hydrogens (primary N) is 1. The number of cyclic esters (lactones) is 1. The van der Waals surface area contributed by atoms with Crippen LogP contribution in [0.25, 0.3) is 0 Å². The molecule has 0 spiro atoms. The number of nitrogens with one attached hydrogen (secondary N) is 3. The largest absolute Gasteiger partial charge is 0.457 e. The molecule has 4 heterocycles. The summed E-state index contributed by atoms with van der Waals surface area (Å²) in [5.41, 5.74) is 4.13. The van der Waals surface area contributed by atoms with Crippen LogP contribution in [0.2, 0.25) is 0 Å². The Morgan fingerprint density at radius 3 is 2.14 bits per heavy atom. The molecule has 1 aromatic carbocycles. The van der Waals surface area contributed by atoms with Crippen molar-refractivity contribution in [3.05, 3.63) is 77.9 Å². The van der Waals surface area contributed by atoms with E-state index in [1.54, 1.807) is 96.2 Å². The van der Waals surface area contributed by atoms with Crippen molar-refractivity contribution in [1.29, 1.82) is 0 Å². The fraction of sp³-hybridized carbons (Fsp3) is 0.631. The Balaban J connectivity index is 1.15. The van der Waals surface area contributed by atoms with Gasteiger partial charge in [-0.15, -0.1) is 0 Å². The van der Waals surface area contributed by atoms with E-state index in [1.807, 2.05) is 13.8 Å². The lowest BCUT2D eigenvalue weighted by molar-refractivity contribution is -0.168. The van der Waals surface area contributed by atoms with E-state index in [4.69, 9.17) is 29.4 Å². The Kier molecular flexibility index (Phi) is 28.2. The minimum Gasteiger partial charge on any atom is -0.457 e. The lowest BCUT2D eigenvalue weighted by atomic mass is 9.88. The van der Waals surface area contributed by atoms with Crippen molar-refractivity contribution in [2.24, 2.45) is 23.5 Å². The third-order valence-electron chi connectivity index (χ3n) is 16.6. The van der Waals surface area contributed by atoms with Crippen LogP contribution in [0, 0.1) is 17.8 Å². The molecule has 0 bridgehead atoms. The summed E-state index contributed by atoms with van der Waals surface area (Å²) in [4.78, 5) is 133. The molecule has 2 fully saturated rings. The predicted octanol–water partition coefficient (Wildman–Crippen LogP) is 5.33. The second-order valence-corrected chi connectivity index (χ2v) is 24.8. The van der Waals surface area contributed by atoms with Crippen LogP contribution in [0.3, 0.4) is 0 Å². The van der Waals surface area contributed by atoms with E-state index in [9.17, 15) is 63.3 Å². The molecule has 498 valence electrons. The number of hydrogen-bond donors (Lipinski definition) is 7. The molecule has 8 N–H and O–H groups in total. The van der Waals surface area contributed by atoms with E-state index >= 15 is 0 Å². The van der Waals surface area contributed by atoms with E-state index < -0.39 is 95.5 Å². The Hall–Kier alpha value is -7.48. The number of allylic oxidation sites excluding steroid dienone is 2. The van der Waals surface area contributed by atoms with Crippen molar-refractivity contribution >= 4 is 65.3 Å². The minimum atomic E-state index is -1.50. The lowest BCUT2D eigenvalue weighted by Gasteiger charge is -2.38. The summed E-state index contributed by atoms with van der Waals surface area (Å²) < 4.78 is 29.3. The molecule has 2 saturated heterocycles. The van der Waals surface area contributed by atoms with Gasteiger partial charge in [0.1, 0.15) is 30.4 Å². The van der Waals surface area contributed by atoms with Gasteiger partial charge >= 0.3 is 24.1 Å². The van der Waals surface area contributed by atoms with Crippen LogP contribution in [0.5, 0.6) is 0 Å². The zero-order chi connectivity index (χ0) is 66.5. The van der Waals surface area contributed by atoms with Gasteiger partial charge in [-0.3, -0.25) is 43.3 Å². The van der Waals surface area contributed by atoms with Crippen LogP contribution in [0.4, 0.5) is 15.3 Å². The fourth-order valence-corrected chi connectivity index (χ4v) is 11.0. The number of piperazine rings is 1. The average Bonchev–Trinajstić information content (AvgIpc) is 1.73. The van der Waals surface area contributed by atoms with Crippen LogP contribution in [0.1, 0.15) is 151 Å². The summed E-state index contributed by atoms with van der Waals surface area (Å²) >= 11 is 0. The monoisotopic (exact) mass is 1260 g/mol. The van der Waals surface area contributed by atoms with E-state index in [0.29, 0.717) is 61.8 Å². The van der Waals surface area contributed by atoms with Crippen molar-refractivity contribution in [2.75, 3.05) is 38.0 Å². The molecule has 8 amide bonds. The third-order valence-corrected chi connectivity index (χ3v) is 16.6. The lowest BCUT2D eigenvalue weighted by Crippen LogP contribution is -2.54. The highest BCUT2D eigenvalue weighted by Gasteiger charge is 2.47. The second-order valence-electron chi connectivity index (χ2n) is 24.8. The molecule has 0 saturated carbocycles. The van der Waals surface area contributed by atoms with Crippen molar-refractivity contribution in [2.45, 2.75) is 212 Å². The zero-order valence-electron chi connectivity index (χ0n) is 53.5. The number of ether oxygens (including phenoxy) is 5. The SMILES string of the molecule is CC[C@H](O)[C@@H](C)[C@H]1O[C@@H]1C[C@@](C)(O)/C=C/C=C(\C)[C@H]1OC(=O)C[C@H](O)CC[C@@](C)(OC(C)=O)[C@@H](OC(=O)N2CCN(C(=O)OCc3ccc(NC(=O)[C@H](CCCCC(N)=O)NC(=O)[C@@H](NC(=O)CCCCCN4C(=O)C=CC4=O)C(C)C)cc3)CC2)/C=C/[C@@H]1C. The van der Waals surface area contributed by atoms with Gasteiger partial charge in [0.2, 0.25) is 23.6 Å². The second kappa shape index (κ2) is 34.6. The number of aliphatic hydroxyl groups is 3. The molecule has 4 aliphatic heterocycles. The van der Waals surface area contributed by atoms with Crippen LogP contribution >= 0.6 is 0 Å². The van der Waals surface area contributed by atoms with Gasteiger partial charge in [0.25, 0.3) is 11.8 Å². The number of esters is 2. The molecule has 4 aliphatic rings. The fourth-order valence-electron chi connectivity index (χ4n) is 11.0. The smallest absolute Gasteiger partial charge is 0.410 e. The van der Waals surface area contributed by atoms with Crippen LogP contribution in [-0.4, -0.2) is 182 Å². The zero-order valence-corrected chi connectivity index (χ0v) is 53.5. The Morgan fingerprint density at radius 2 is 1.52 bits per heavy atom. The quantitative estimate of drug-likeness (QED) is 0.0101. The number of rotatable bonds is 29. The highest BCUT2D eigenvalue weighted by atomic mass is 16.6. The third kappa shape index (κ3) is 23.4. The van der Waals surface area contributed by atoms with Crippen LogP contribution < -0.4 is 21.7 Å². The number of amides is 8. The van der Waals surface area contributed by atoms with Gasteiger partial charge in [-0.05, 0) is 101 Å². The topological polar surface area (TPSA) is 353 Å². The number of unbranched alkanes of at least 4 members (excludes halogenated alkanes) is 3. The Morgan fingerprint density at radius 1 is 0.878 bits per heavy atom. The van der Waals surface area contributed by atoms with Crippen LogP contribution in [0.15, 0.2) is 72.4 Å². The van der Waals surface area contributed by atoms with Gasteiger partial charge in [0, 0.05) is 88.6 Å². The summed E-state index contributed by atoms with van der Waals surface area (Å²) in [6.45, 7) is 15.7. The molecule has 25 heteroatoms. The number of carbonyl (C=O) groups excluding carboxylic acids is 10. The molecular weight excluding hydrogens is 1170 g/mol. The molecule has 90 heavy (non-hydrogen) atoms. The maximum Gasteiger partial charge on any atom is 0.410 e. The molecule has 0 unspecified atom stereocenters. The van der Waals surface area contributed by atoms with E-state index in [-0.39, 0.29) is 120 Å². The number of primary amides is 1. The first-order valence-electron chi connectivity index (χ1n) is 31.4. The summed E-state index contributed by atoms with van der Waals surface area (Å²) in [6.07, 6.45) is 8.28. The molecule has 0 radical (unpaired) electrons. The van der Waals surface area contributed by atoms with Gasteiger partial charge in [0.05, 0.1) is 36.4 Å². The number of carbonyl (C=O) groups is 10. The van der Waals surface area contributed by atoms with Crippen molar-refractivity contribution < 1.29 is 86.9 Å². The average molecular weight is 1260 g/mol. The predicted molar refractivity (Wildman–Crippen MR) is 330 cm³/mol. The molecule has 25 nitrogen and oxygen atoms in total. The Labute approximate surface area is 527 Å². The minimum absolute atomic E-state index is 0.00343. The highest BCUT2D eigenvalue weighted by molar-refractivity contribution is 6.12. The number of imide groups is 1. The highest BCUT2D eigenvalue weighted by Crippen LogP contribution is 2.38. The molecular formula is C65H95N7O18.